The molecule has 2 rings (SSSR count). The third-order valence-corrected chi connectivity index (χ3v) is 4.24. The summed E-state index contributed by atoms with van der Waals surface area (Å²) >= 11 is 0. The first-order valence-electron chi connectivity index (χ1n) is 7.35. The number of carboxylic acids is 1. The van der Waals surface area contributed by atoms with Gasteiger partial charge in [0, 0.05) is 6.08 Å². The zero-order valence-corrected chi connectivity index (χ0v) is 12.9. The van der Waals surface area contributed by atoms with Gasteiger partial charge in [0.25, 0.3) is 0 Å². The summed E-state index contributed by atoms with van der Waals surface area (Å²) < 4.78 is 0. The molecule has 0 amide bonds. The molecule has 0 unspecified atom stereocenters. The van der Waals surface area contributed by atoms with Crippen molar-refractivity contribution in [3.63, 3.8) is 0 Å². The number of carboxylic acid groups (broad SMARTS) is 1. The van der Waals surface area contributed by atoms with Gasteiger partial charge >= 0.3 is 5.97 Å². The van der Waals surface area contributed by atoms with Crippen LogP contribution in [0.1, 0.15) is 56.7 Å². The fourth-order valence-electron chi connectivity index (χ4n) is 2.67. The molecule has 0 bridgehead atoms. The molecule has 1 aliphatic carbocycles. The van der Waals surface area contributed by atoms with E-state index < -0.39 is 5.97 Å². The van der Waals surface area contributed by atoms with Crippen LogP contribution in [0.3, 0.4) is 0 Å². The van der Waals surface area contributed by atoms with Crippen LogP contribution < -0.4 is 0 Å². The zero-order valence-electron chi connectivity index (χ0n) is 12.9. The Kier molecular flexibility index (Phi) is 4.03. The Bertz CT molecular complexity index is 543. The number of hydrogen-bond donors (Lipinski definition) is 1. The Morgan fingerprint density at radius 2 is 1.95 bits per heavy atom. The van der Waals surface area contributed by atoms with Gasteiger partial charge in [-0.25, -0.2) is 4.79 Å². The number of allylic oxidation sites excluding steroid dienone is 1. The van der Waals surface area contributed by atoms with Crippen LogP contribution in [0.4, 0.5) is 0 Å². The van der Waals surface area contributed by atoms with E-state index in [1.54, 1.807) is 0 Å². The highest BCUT2D eigenvalue weighted by Crippen LogP contribution is 2.40. The lowest BCUT2D eigenvalue weighted by molar-refractivity contribution is -0.131. The first-order chi connectivity index (χ1) is 9.29. The van der Waals surface area contributed by atoms with Gasteiger partial charge in [0.1, 0.15) is 0 Å². The average molecular weight is 272 g/mol. The highest BCUT2D eigenvalue weighted by Gasteiger charge is 2.25. The molecule has 1 fully saturated rings. The van der Waals surface area contributed by atoms with Crippen molar-refractivity contribution in [2.24, 2.45) is 5.92 Å². The smallest absolute Gasteiger partial charge is 0.328 e. The minimum Gasteiger partial charge on any atom is -0.478 e. The van der Waals surface area contributed by atoms with E-state index in [2.05, 4.69) is 45.9 Å². The maximum atomic E-state index is 11.1. The van der Waals surface area contributed by atoms with Crippen LogP contribution in [0.15, 0.2) is 24.3 Å². The van der Waals surface area contributed by atoms with Crippen LogP contribution in [-0.2, 0) is 10.2 Å². The van der Waals surface area contributed by atoms with E-state index >= 15 is 0 Å². The fraction of sp³-hybridized carbons (Fsp3) is 0.500. The van der Waals surface area contributed by atoms with Crippen LogP contribution in [0, 0.1) is 12.8 Å². The Labute approximate surface area is 121 Å². The minimum atomic E-state index is -0.840. The van der Waals surface area contributed by atoms with Gasteiger partial charge < -0.3 is 5.11 Å². The number of aliphatic carboxylic acids is 1. The standard InChI is InChI=1S/C18H24O2/c1-12-8-9-14(18(2,3)4)10-15(12)16(11-17(19)20)13-6-5-7-13/h8-11,13H,5-7H2,1-4H3,(H,19,20)/b16-11+. The normalized spacial score (nSPS) is 16.9. The summed E-state index contributed by atoms with van der Waals surface area (Å²) in [6, 6.07) is 6.45. The van der Waals surface area contributed by atoms with Gasteiger partial charge in [-0.1, -0.05) is 45.4 Å². The van der Waals surface area contributed by atoms with Crippen LogP contribution in [0.25, 0.3) is 5.57 Å². The summed E-state index contributed by atoms with van der Waals surface area (Å²) in [5.74, 6) is -0.424. The topological polar surface area (TPSA) is 37.3 Å². The maximum absolute atomic E-state index is 11.1. The van der Waals surface area contributed by atoms with Crippen LogP contribution in [-0.4, -0.2) is 11.1 Å². The largest absolute Gasteiger partial charge is 0.478 e. The third kappa shape index (κ3) is 3.12. The van der Waals surface area contributed by atoms with E-state index in [0.29, 0.717) is 5.92 Å². The first kappa shape index (κ1) is 14.8. The van der Waals surface area contributed by atoms with Crippen LogP contribution >= 0.6 is 0 Å². The number of carbonyl (C=O) groups is 1. The fourth-order valence-corrected chi connectivity index (χ4v) is 2.67. The van der Waals surface area contributed by atoms with Crippen LogP contribution in [0.5, 0.6) is 0 Å². The Morgan fingerprint density at radius 3 is 2.40 bits per heavy atom. The molecule has 0 aromatic heterocycles. The Balaban J connectivity index is 2.50. The third-order valence-electron chi connectivity index (χ3n) is 4.24. The van der Waals surface area contributed by atoms with Crippen molar-refractivity contribution >= 4 is 11.5 Å². The summed E-state index contributed by atoms with van der Waals surface area (Å²) in [6.45, 7) is 8.62. The van der Waals surface area contributed by atoms with E-state index in [9.17, 15) is 4.79 Å². The number of benzene rings is 1. The lowest BCUT2D eigenvalue weighted by atomic mass is 9.74. The Morgan fingerprint density at radius 1 is 1.30 bits per heavy atom. The molecular weight excluding hydrogens is 248 g/mol. The van der Waals surface area contributed by atoms with Gasteiger partial charge in [0.2, 0.25) is 0 Å². The monoisotopic (exact) mass is 272 g/mol. The number of rotatable bonds is 3. The molecule has 20 heavy (non-hydrogen) atoms. The minimum absolute atomic E-state index is 0.0798. The van der Waals surface area contributed by atoms with Gasteiger partial charge in [0.05, 0.1) is 0 Å². The number of aryl methyl sites for hydroxylation is 1. The van der Waals surface area contributed by atoms with E-state index in [0.717, 1.165) is 29.5 Å². The molecule has 108 valence electrons. The predicted molar refractivity (Wildman–Crippen MR) is 82.8 cm³/mol. The summed E-state index contributed by atoms with van der Waals surface area (Å²) in [5.41, 5.74) is 4.62. The zero-order chi connectivity index (χ0) is 14.9. The van der Waals surface area contributed by atoms with Crippen molar-refractivity contribution in [2.75, 3.05) is 0 Å². The lowest BCUT2D eigenvalue weighted by Crippen LogP contribution is -2.16. The van der Waals surface area contributed by atoms with Gasteiger partial charge in [-0.15, -0.1) is 0 Å². The molecule has 0 atom stereocenters. The maximum Gasteiger partial charge on any atom is 0.328 e. The van der Waals surface area contributed by atoms with Gasteiger partial charge in [-0.3, -0.25) is 0 Å². The quantitative estimate of drug-likeness (QED) is 0.819. The molecule has 0 saturated heterocycles. The van der Waals surface area contributed by atoms with Gasteiger partial charge in [-0.2, -0.15) is 0 Å². The van der Waals surface area contributed by atoms with Crippen molar-refractivity contribution in [2.45, 2.75) is 52.4 Å². The highest BCUT2D eigenvalue weighted by molar-refractivity contribution is 5.91. The summed E-state index contributed by atoms with van der Waals surface area (Å²) in [5, 5.41) is 9.16. The van der Waals surface area contributed by atoms with Gasteiger partial charge in [-0.05, 0) is 53.4 Å². The molecule has 1 aliphatic rings. The second-order valence-electron chi connectivity index (χ2n) is 6.85. The van der Waals surface area contributed by atoms with E-state index in [1.807, 2.05) is 0 Å². The van der Waals surface area contributed by atoms with E-state index in [-0.39, 0.29) is 5.41 Å². The first-order valence-corrected chi connectivity index (χ1v) is 7.35. The summed E-state index contributed by atoms with van der Waals surface area (Å²) in [7, 11) is 0. The molecule has 0 radical (unpaired) electrons. The second-order valence-corrected chi connectivity index (χ2v) is 6.85. The van der Waals surface area contributed by atoms with Crippen molar-refractivity contribution in [3.05, 3.63) is 41.0 Å². The van der Waals surface area contributed by atoms with E-state index in [1.165, 1.54) is 18.1 Å². The molecule has 2 heteroatoms. The molecule has 2 nitrogen and oxygen atoms in total. The van der Waals surface area contributed by atoms with Crippen molar-refractivity contribution in [3.8, 4) is 0 Å². The molecule has 0 heterocycles. The molecular formula is C18H24O2. The molecule has 1 aromatic carbocycles. The number of hydrogen-bond acceptors (Lipinski definition) is 1. The molecule has 1 N–H and O–H groups in total. The lowest BCUT2D eigenvalue weighted by Gasteiger charge is -2.30. The average Bonchev–Trinajstić information content (AvgIpc) is 2.24. The SMILES string of the molecule is Cc1ccc(C(C)(C)C)cc1/C(=C/C(=O)O)C1CCC1. The highest BCUT2D eigenvalue weighted by atomic mass is 16.4. The molecule has 0 aliphatic heterocycles. The van der Waals surface area contributed by atoms with Gasteiger partial charge in [0.15, 0.2) is 0 Å². The molecule has 1 aromatic rings. The van der Waals surface area contributed by atoms with Crippen molar-refractivity contribution in [1.82, 2.24) is 0 Å². The predicted octanol–water partition coefficient (Wildman–Crippen LogP) is 4.56. The molecule has 1 saturated carbocycles. The summed E-state index contributed by atoms with van der Waals surface area (Å²) in [6.07, 6.45) is 4.84. The van der Waals surface area contributed by atoms with Crippen molar-refractivity contribution in [1.29, 1.82) is 0 Å². The molecule has 0 spiro atoms. The second kappa shape index (κ2) is 5.43. The van der Waals surface area contributed by atoms with Crippen molar-refractivity contribution < 1.29 is 9.90 Å². The summed E-state index contributed by atoms with van der Waals surface area (Å²) in [4.78, 5) is 11.1. The van der Waals surface area contributed by atoms with Crippen LogP contribution in [0.2, 0.25) is 0 Å². The van der Waals surface area contributed by atoms with E-state index in [4.69, 9.17) is 5.11 Å². The Hall–Kier alpha value is -1.57.